The fourth-order valence-electron chi connectivity index (χ4n) is 3.18. The second-order valence-corrected chi connectivity index (χ2v) is 8.06. The van der Waals surface area contributed by atoms with Crippen LogP contribution in [0.1, 0.15) is 73.1 Å². The molecule has 0 bridgehead atoms. The van der Waals surface area contributed by atoms with Crippen LogP contribution in [0.25, 0.3) is 0 Å². The van der Waals surface area contributed by atoms with E-state index in [1.807, 2.05) is 20.8 Å². The number of aliphatic hydroxyl groups is 1. The highest BCUT2D eigenvalue weighted by atomic mass is 16.6. The average Bonchev–Trinajstić information content (AvgIpc) is 2.95. The van der Waals surface area contributed by atoms with E-state index in [1.54, 1.807) is 0 Å². The van der Waals surface area contributed by atoms with Crippen molar-refractivity contribution < 1.29 is 14.6 Å². The van der Waals surface area contributed by atoms with Gasteiger partial charge in [0, 0.05) is 30.7 Å². The summed E-state index contributed by atoms with van der Waals surface area (Å²) in [5.74, 6) is 0. The average molecular weight is 328 g/mol. The molecule has 1 saturated carbocycles. The molecule has 3 N–H and O–H groups in total. The molecule has 5 heteroatoms. The van der Waals surface area contributed by atoms with Gasteiger partial charge in [0.05, 0.1) is 0 Å². The minimum absolute atomic E-state index is 0.0678. The summed E-state index contributed by atoms with van der Waals surface area (Å²) in [6, 6.07) is 0. The molecule has 136 valence electrons. The number of ether oxygens (including phenoxy) is 1. The van der Waals surface area contributed by atoms with E-state index in [2.05, 4.69) is 24.5 Å². The van der Waals surface area contributed by atoms with E-state index in [4.69, 9.17) is 4.74 Å². The SMILES string of the molecule is CCC(CC)(CO)CNC1(CNC(=O)OC(C)(C)C)CCCC1. The summed E-state index contributed by atoms with van der Waals surface area (Å²) in [6.07, 6.45) is 5.99. The third kappa shape index (κ3) is 6.30. The Balaban J connectivity index is 2.60. The van der Waals surface area contributed by atoms with E-state index >= 15 is 0 Å². The summed E-state index contributed by atoms with van der Waals surface area (Å²) in [5.41, 5.74) is -0.611. The van der Waals surface area contributed by atoms with Crippen LogP contribution in [-0.2, 0) is 4.74 Å². The van der Waals surface area contributed by atoms with Crippen LogP contribution in [0.2, 0.25) is 0 Å². The molecule has 0 aromatic rings. The summed E-state index contributed by atoms with van der Waals surface area (Å²) >= 11 is 0. The van der Waals surface area contributed by atoms with Gasteiger partial charge in [0.2, 0.25) is 0 Å². The second kappa shape index (κ2) is 8.34. The molecule has 23 heavy (non-hydrogen) atoms. The number of hydrogen-bond acceptors (Lipinski definition) is 4. The molecule has 0 heterocycles. The quantitative estimate of drug-likeness (QED) is 0.640. The van der Waals surface area contributed by atoms with E-state index in [0.29, 0.717) is 6.54 Å². The maximum Gasteiger partial charge on any atom is 0.407 e. The van der Waals surface area contributed by atoms with Gasteiger partial charge in [0.15, 0.2) is 0 Å². The first-order valence-corrected chi connectivity index (χ1v) is 9.02. The van der Waals surface area contributed by atoms with Gasteiger partial charge in [-0.3, -0.25) is 0 Å². The van der Waals surface area contributed by atoms with E-state index in [-0.39, 0.29) is 23.7 Å². The summed E-state index contributed by atoms with van der Waals surface area (Å²) in [4.78, 5) is 11.9. The molecule has 0 aromatic carbocycles. The van der Waals surface area contributed by atoms with Crippen molar-refractivity contribution in [2.24, 2.45) is 5.41 Å². The Hall–Kier alpha value is -0.810. The van der Waals surface area contributed by atoms with Crippen molar-refractivity contribution in [1.29, 1.82) is 0 Å². The topological polar surface area (TPSA) is 70.6 Å². The molecule has 0 aromatic heterocycles. The Morgan fingerprint density at radius 1 is 1.17 bits per heavy atom. The van der Waals surface area contributed by atoms with Crippen LogP contribution in [0.5, 0.6) is 0 Å². The molecule has 1 aliphatic rings. The zero-order chi connectivity index (χ0) is 17.6. The maximum absolute atomic E-state index is 11.9. The van der Waals surface area contributed by atoms with Gasteiger partial charge in [-0.05, 0) is 46.5 Å². The second-order valence-electron chi connectivity index (χ2n) is 8.06. The van der Waals surface area contributed by atoms with Crippen LogP contribution in [0.15, 0.2) is 0 Å². The van der Waals surface area contributed by atoms with Crippen LogP contribution in [0.4, 0.5) is 4.79 Å². The van der Waals surface area contributed by atoms with Crippen LogP contribution < -0.4 is 10.6 Å². The zero-order valence-corrected chi connectivity index (χ0v) is 15.6. The Morgan fingerprint density at radius 3 is 2.17 bits per heavy atom. The van der Waals surface area contributed by atoms with Crippen molar-refractivity contribution in [3.05, 3.63) is 0 Å². The largest absolute Gasteiger partial charge is 0.444 e. The normalized spacial score (nSPS) is 18.0. The minimum atomic E-state index is -0.475. The third-order valence-corrected chi connectivity index (χ3v) is 5.20. The standard InChI is InChI=1S/C18H36N2O3/c1-6-17(7-2,14-21)12-20-18(10-8-9-11-18)13-19-15(22)23-16(3,4)5/h20-21H,6-14H2,1-5H3,(H,19,22). The third-order valence-electron chi connectivity index (χ3n) is 5.20. The zero-order valence-electron chi connectivity index (χ0n) is 15.6. The van der Waals surface area contributed by atoms with Gasteiger partial charge in [-0.1, -0.05) is 26.7 Å². The summed E-state index contributed by atoms with van der Waals surface area (Å²) < 4.78 is 5.33. The van der Waals surface area contributed by atoms with E-state index in [1.165, 1.54) is 12.8 Å². The lowest BCUT2D eigenvalue weighted by atomic mass is 9.82. The predicted octanol–water partition coefficient (Wildman–Crippen LogP) is 3.21. The highest BCUT2D eigenvalue weighted by molar-refractivity contribution is 5.67. The Bertz CT molecular complexity index is 359. The molecule has 1 amide bonds. The van der Waals surface area contributed by atoms with E-state index in [9.17, 15) is 9.90 Å². The number of alkyl carbamates (subject to hydrolysis) is 1. The van der Waals surface area contributed by atoms with Gasteiger partial charge >= 0.3 is 6.09 Å². The fourth-order valence-corrected chi connectivity index (χ4v) is 3.18. The Labute approximate surface area is 141 Å². The van der Waals surface area contributed by atoms with Gasteiger partial charge in [0.1, 0.15) is 5.60 Å². The molecule has 0 unspecified atom stereocenters. The van der Waals surface area contributed by atoms with Gasteiger partial charge in [-0.2, -0.15) is 0 Å². The summed E-state index contributed by atoms with van der Waals surface area (Å²) in [6.45, 7) is 11.4. The van der Waals surface area contributed by atoms with Crippen molar-refractivity contribution >= 4 is 6.09 Å². The van der Waals surface area contributed by atoms with Crippen molar-refractivity contribution in [2.45, 2.75) is 84.3 Å². The lowest BCUT2D eigenvalue weighted by Crippen LogP contribution is -2.55. The molecule has 0 aliphatic heterocycles. The lowest BCUT2D eigenvalue weighted by molar-refractivity contribution is 0.0501. The molecule has 0 radical (unpaired) electrons. The van der Waals surface area contributed by atoms with E-state index in [0.717, 1.165) is 32.2 Å². The molecular weight excluding hydrogens is 292 g/mol. The molecule has 5 nitrogen and oxygen atoms in total. The number of rotatable bonds is 8. The van der Waals surface area contributed by atoms with Gasteiger partial charge in [0.25, 0.3) is 0 Å². The van der Waals surface area contributed by atoms with Gasteiger partial charge in [-0.15, -0.1) is 0 Å². The molecule has 1 fully saturated rings. The number of hydrogen-bond donors (Lipinski definition) is 3. The first-order chi connectivity index (χ1) is 10.7. The van der Waals surface area contributed by atoms with Gasteiger partial charge < -0.3 is 20.5 Å². The monoisotopic (exact) mass is 328 g/mol. The smallest absolute Gasteiger partial charge is 0.407 e. The molecule has 1 rings (SSSR count). The Kier molecular flexibility index (Phi) is 7.33. The predicted molar refractivity (Wildman–Crippen MR) is 93.5 cm³/mol. The summed E-state index contributed by atoms with van der Waals surface area (Å²) in [5, 5.41) is 16.4. The van der Waals surface area contributed by atoms with Crippen LogP contribution in [-0.4, -0.2) is 42.0 Å². The van der Waals surface area contributed by atoms with Crippen molar-refractivity contribution in [1.82, 2.24) is 10.6 Å². The molecule has 0 spiro atoms. The number of amides is 1. The first-order valence-electron chi connectivity index (χ1n) is 9.02. The molecule has 1 aliphatic carbocycles. The number of carbonyl (C=O) groups excluding carboxylic acids is 1. The summed E-state index contributed by atoms with van der Waals surface area (Å²) in [7, 11) is 0. The van der Waals surface area contributed by atoms with Crippen molar-refractivity contribution in [3.8, 4) is 0 Å². The van der Waals surface area contributed by atoms with Crippen LogP contribution >= 0.6 is 0 Å². The molecular formula is C18H36N2O3. The molecule has 0 atom stereocenters. The van der Waals surface area contributed by atoms with Crippen LogP contribution in [0, 0.1) is 5.41 Å². The first kappa shape index (κ1) is 20.2. The highest BCUT2D eigenvalue weighted by Crippen LogP contribution is 2.32. The van der Waals surface area contributed by atoms with Crippen LogP contribution in [0.3, 0.4) is 0 Å². The van der Waals surface area contributed by atoms with Crippen molar-refractivity contribution in [2.75, 3.05) is 19.7 Å². The van der Waals surface area contributed by atoms with Crippen molar-refractivity contribution in [3.63, 3.8) is 0 Å². The Morgan fingerprint density at radius 2 is 1.74 bits per heavy atom. The lowest BCUT2D eigenvalue weighted by Gasteiger charge is -2.37. The van der Waals surface area contributed by atoms with E-state index < -0.39 is 5.60 Å². The number of aliphatic hydroxyl groups excluding tert-OH is 1. The molecule has 0 saturated heterocycles. The number of nitrogens with one attached hydrogen (secondary N) is 2. The minimum Gasteiger partial charge on any atom is -0.444 e. The fraction of sp³-hybridized carbons (Fsp3) is 0.944. The van der Waals surface area contributed by atoms with Gasteiger partial charge in [-0.25, -0.2) is 4.79 Å². The highest BCUT2D eigenvalue weighted by Gasteiger charge is 2.37. The maximum atomic E-state index is 11.9. The number of carbonyl (C=O) groups is 1.